The highest BCUT2D eigenvalue weighted by Crippen LogP contribution is 2.30. The number of aryl methyl sites for hydroxylation is 2. The van der Waals surface area contributed by atoms with Gasteiger partial charge in [-0.05, 0) is 61.6 Å². The van der Waals surface area contributed by atoms with Crippen LogP contribution in [0.3, 0.4) is 0 Å². The Morgan fingerprint density at radius 1 is 1.11 bits per heavy atom. The summed E-state index contributed by atoms with van der Waals surface area (Å²) in [6.07, 6.45) is 1.71. The lowest BCUT2D eigenvalue weighted by molar-refractivity contribution is -0.157. The van der Waals surface area contributed by atoms with Crippen LogP contribution in [0, 0.1) is 13.8 Å². The molecule has 2 fully saturated rings. The number of carbonyl (C=O) groups is 2. The van der Waals surface area contributed by atoms with Crippen LogP contribution in [0.1, 0.15) is 42.9 Å². The Bertz CT molecular complexity index is 1130. The molecule has 2 amide bonds. The van der Waals surface area contributed by atoms with Gasteiger partial charge in [0.05, 0.1) is 13.0 Å². The summed E-state index contributed by atoms with van der Waals surface area (Å²) < 4.78 is 12.7. The van der Waals surface area contributed by atoms with E-state index in [2.05, 4.69) is 10.2 Å². The molecule has 4 rings (SSSR count). The van der Waals surface area contributed by atoms with Crippen LogP contribution in [0.4, 0.5) is 0 Å². The summed E-state index contributed by atoms with van der Waals surface area (Å²) in [4.78, 5) is 29.1. The van der Waals surface area contributed by atoms with Crippen LogP contribution in [0.25, 0.3) is 0 Å². The number of hydrogen-bond donors (Lipinski definition) is 1. The Labute approximate surface area is 235 Å². The number of halogens is 2. The Balaban J connectivity index is 1.49. The van der Waals surface area contributed by atoms with E-state index in [9.17, 15) is 9.59 Å². The minimum Gasteiger partial charge on any atom is -0.490 e. The summed E-state index contributed by atoms with van der Waals surface area (Å²) >= 11 is 12.8. The first-order valence-electron chi connectivity index (χ1n) is 13.2. The largest absolute Gasteiger partial charge is 0.490 e. The third kappa shape index (κ3) is 7.41. The van der Waals surface area contributed by atoms with Gasteiger partial charge in [-0.2, -0.15) is 0 Å². The van der Waals surface area contributed by atoms with Crippen molar-refractivity contribution < 1.29 is 19.1 Å². The monoisotopic (exact) mass is 561 g/mol. The quantitative estimate of drug-likeness (QED) is 0.502. The van der Waals surface area contributed by atoms with Crippen LogP contribution in [0.2, 0.25) is 10.0 Å². The van der Waals surface area contributed by atoms with E-state index < -0.39 is 5.60 Å². The molecule has 206 valence electrons. The molecular formula is C29H37Cl2N3O4. The molecule has 1 unspecified atom stereocenters. The Kier molecular flexibility index (Phi) is 9.58. The molecule has 9 heteroatoms. The van der Waals surface area contributed by atoms with Crippen molar-refractivity contribution in [1.29, 1.82) is 0 Å². The number of morpholine rings is 1. The minimum atomic E-state index is -0.813. The number of amides is 2. The molecule has 1 atom stereocenters. The van der Waals surface area contributed by atoms with Crippen molar-refractivity contribution in [2.75, 3.05) is 39.4 Å². The number of ether oxygens (including phenoxy) is 2. The number of piperidine rings is 1. The molecular weight excluding hydrogens is 525 g/mol. The van der Waals surface area contributed by atoms with Crippen LogP contribution in [0.15, 0.2) is 36.4 Å². The highest BCUT2D eigenvalue weighted by Gasteiger charge is 2.41. The second-order valence-electron chi connectivity index (χ2n) is 10.5. The predicted molar refractivity (Wildman–Crippen MR) is 150 cm³/mol. The molecule has 0 radical (unpaired) electrons. The van der Waals surface area contributed by atoms with Gasteiger partial charge >= 0.3 is 0 Å². The number of carbonyl (C=O) groups excluding carboxylic acids is 2. The van der Waals surface area contributed by atoms with Gasteiger partial charge in [0, 0.05) is 55.7 Å². The third-order valence-electron chi connectivity index (χ3n) is 7.32. The van der Waals surface area contributed by atoms with E-state index in [0.717, 1.165) is 46.1 Å². The van der Waals surface area contributed by atoms with Crippen LogP contribution < -0.4 is 10.1 Å². The van der Waals surface area contributed by atoms with Crippen molar-refractivity contribution >= 4 is 35.0 Å². The molecule has 0 aromatic heterocycles. The van der Waals surface area contributed by atoms with Gasteiger partial charge in [0.2, 0.25) is 11.8 Å². The van der Waals surface area contributed by atoms with Crippen molar-refractivity contribution in [1.82, 2.24) is 15.1 Å². The SMILES string of the molecule is CC(=O)NC1CCN(C(=O)CC2(COc3cc(C)c(Cl)c(C)c3)CN(Cc3ccccc3Cl)CCO2)CC1. The van der Waals surface area contributed by atoms with Crippen molar-refractivity contribution in [3.05, 3.63) is 63.1 Å². The standard InChI is InChI=1S/C29H37Cl2N3O4/c1-20-14-25(15-21(2)28(20)31)37-19-29(16-27(36)34-10-8-24(9-11-34)32-22(3)35)18-33(12-13-38-29)17-23-6-4-5-7-26(23)30/h4-7,14-15,24H,8-13,16-19H2,1-3H3,(H,32,35). The van der Waals surface area contributed by atoms with Crippen LogP contribution in [-0.2, 0) is 20.9 Å². The van der Waals surface area contributed by atoms with Crippen molar-refractivity contribution in [2.45, 2.75) is 58.2 Å². The molecule has 2 aliphatic heterocycles. The zero-order valence-electron chi connectivity index (χ0n) is 22.4. The molecule has 2 heterocycles. The van der Waals surface area contributed by atoms with Gasteiger partial charge in [-0.1, -0.05) is 41.4 Å². The molecule has 2 aromatic carbocycles. The zero-order chi connectivity index (χ0) is 27.3. The number of nitrogens with one attached hydrogen (secondary N) is 1. The lowest BCUT2D eigenvalue weighted by atomic mass is 9.95. The average molecular weight is 563 g/mol. The molecule has 0 spiro atoms. The second-order valence-corrected chi connectivity index (χ2v) is 11.3. The summed E-state index contributed by atoms with van der Waals surface area (Å²) in [5, 5.41) is 4.42. The Morgan fingerprint density at radius 3 is 2.45 bits per heavy atom. The number of rotatable bonds is 8. The molecule has 2 aliphatic rings. The molecule has 0 bridgehead atoms. The maximum absolute atomic E-state index is 13.5. The molecule has 2 saturated heterocycles. The summed E-state index contributed by atoms with van der Waals surface area (Å²) in [5.74, 6) is 0.713. The van der Waals surface area contributed by atoms with Gasteiger partial charge in [-0.25, -0.2) is 0 Å². The predicted octanol–water partition coefficient (Wildman–Crippen LogP) is 4.78. The molecule has 38 heavy (non-hydrogen) atoms. The number of hydrogen-bond acceptors (Lipinski definition) is 5. The Morgan fingerprint density at radius 2 is 1.79 bits per heavy atom. The van der Waals surface area contributed by atoms with Crippen molar-refractivity contribution in [2.24, 2.45) is 0 Å². The maximum Gasteiger partial charge on any atom is 0.225 e. The lowest BCUT2D eigenvalue weighted by Gasteiger charge is -2.43. The first-order chi connectivity index (χ1) is 18.1. The third-order valence-corrected chi connectivity index (χ3v) is 8.28. The van der Waals surface area contributed by atoms with E-state index in [0.29, 0.717) is 38.5 Å². The van der Waals surface area contributed by atoms with Gasteiger partial charge < -0.3 is 19.7 Å². The topological polar surface area (TPSA) is 71.1 Å². The van der Waals surface area contributed by atoms with Crippen LogP contribution >= 0.6 is 23.2 Å². The molecule has 0 aliphatic carbocycles. The van der Waals surface area contributed by atoms with Crippen molar-refractivity contribution in [3.63, 3.8) is 0 Å². The summed E-state index contributed by atoms with van der Waals surface area (Å²) in [5.41, 5.74) is 2.12. The molecule has 1 N–H and O–H groups in total. The van der Waals surface area contributed by atoms with Gasteiger partial charge in [0.25, 0.3) is 0 Å². The normalized spacial score (nSPS) is 20.8. The molecule has 7 nitrogen and oxygen atoms in total. The van der Waals surface area contributed by atoms with E-state index in [1.807, 2.05) is 55.1 Å². The van der Waals surface area contributed by atoms with Crippen LogP contribution in [0.5, 0.6) is 5.75 Å². The highest BCUT2D eigenvalue weighted by molar-refractivity contribution is 6.32. The van der Waals surface area contributed by atoms with Crippen molar-refractivity contribution in [3.8, 4) is 5.75 Å². The van der Waals surface area contributed by atoms with Gasteiger partial charge in [0.15, 0.2) is 0 Å². The molecule has 0 saturated carbocycles. The molecule has 2 aromatic rings. The van der Waals surface area contributed by atoms with E-state index in [4.69, 9.17) is 32.7 Å². The second kappa shape index (κ2) is 12.7. The van der Waals surface area contributed by atoms with E-state index in [1.165, 1.54) is 6.92 Å². The maximum atomic E-state index is 13.5. The van der Waals surface area contributed by atoms with Gasteiger partial charge in [-0.15, -0.1) is 0 Å². The van der Waals surface area contributed by atoms with Crippen LogP contribution in [-0.4, -0.2) is 72.6 Å². The van der Waals surface area contributed by atoms with E-state index in [1.54, 1.807) is 0 Å². The van der Waals surface area contributed by atoms with E-state index >= 15 is 0 Å². The van der Waals surface area contributed by atoms with Gasteiger partial charge in [-0.3, -0.25) is 14.5 Å². The summed E-state index contributed by atoms with van der Waals surface area (Å²) in [7, 11) is 0. The Hall–Kier alpha value is -2.32. The fraction of sp³-hybridized carbons (Fsp3) is 0.517. The first-order valence-corrected chi connectivity index (χ1v) is 13.9. The summed E-state index contributed by atoms with van der Waals surface area (Å²) in [6, 6.07) is 11.8. The fourth-order valence-electron chi connectivity index (χ4n) is 5.32. The minimum absolute atomic E-state index is 0.0345. The highest BCUT2D eigenvalue weighted by atomic mass is 35.5. The first kappa shape index (κ1) is 28.7. The lowest BCUT2D eigenvalue weighted by Crippen LogP contribution is -2.57. The average Bonchev–Trinajstić information content (AvgIpc) is 2.87. The fourth-order valence-corrected chi connectivity index (χ4v) is 5.63. The van der Waals surface area contributed by atoms with Gasteiger partial charge in [0.1, 0.15) is 18.0 Å². The zero-order valence-corrected chi connectivity index (χ0v) is 23.9. The number of benzene rings is 2. The number of likely N-dealkylation sites (tertiary alicyclic amines) is 1. The van der Waals surface area contributed by atoms with E-state index in [-0.39, 0.29) is 30.9 Å². The smallest absolute Gasteiger partial charge is 0.225 e. The summed E-state index contributed by atoms with van der Waals surface area (Å²) in [6.45, 7) is 9.33. The number of nitrogens with zero attached hydrogens (tertiary/aromatic N) is 2.